The van der Waals surface area contributed by atoms with Crippen molar-refractivity contribution in [3.63, 3.8) is 0 Å². The van der Waals surface area contributed by atoms with Crippen molar-refractivity contribution in [3.8, 4) is 0 Å². The van der Waals surface area contributed by atoms with Crippen molar-refractivity contribution in [2.75, 3.05) is 6.61 Å². The van der Waals surface area contributed by atoms with Gasteiger partial charge in [-0.1, -0.05) is 30.3 Å². The number of rotatable bonds is 4. The molecule has 2 N–H and O–H groups in total. The number of nitrogens with two attached hydrogens (primary N) is 1. The van der Waals surface area contributed by atoms with Crippen molar-refractivity contribution in [3.05, 3.63) is 35.9 Å². The molecule has 0 radical (unpaired) electrons. The van der Waals surface area contributed by atoms with Crippen molar-refractivity contribution >= 4 is 0 Å². The maximum absolute atomic E-state index is 5.88. The fraction of sp³-hybridized carbons (Fsp3) is 0.571. The van der Waals surface area contributed by atoms with Crippen LogP contribution in [-0.2, 0) is 11.2 Å². The predicted molar refractivity (Wildman–Crippen MR) is 66.3 cm³/mol. The summed E-state index contributed by atoms with van der Waals surface area (Å²) in [7, 11) is 0. The van der Waals surface area contributed by atoms with Crippen LogP contribution >= 0.6 is 0 Å². The Morgan fingerprint density at radius 2 is 1.75 bits per heavy atom. The van der Waals surface area contributed by atoms with Crippen molar-refractivity contribution in [1.29, 1.82) is 0 Å². The molecule has 0 aliphatic heterocycles. The topological polar surface area (TPSA) is 35.2 Å². The third-order valence-electron chi connectivity index (χ3n) is 3.31. The van der Waals surface area contributed by atoms with E-state index in [4.69, 9.17) is 10.5 Å². The van der Waals surface area contributed by atoms with Crippen LogP contribution in [0.15, 0.2) is 30.3 Å². The highest BCUT2D eigenvalue weighted by atomic mass is 16.5. The second kappa shape index (κ2) is 6.02. The fourth-order valence-electron chi connectivity index (χ4n) is 2.24. The van der Waals surface area contributed by atoms with E-state index in [1.165, 1.54) is 5.56 Å². The summed E-state index contributed by atoms with van der Waals surface area (Å²) in [6, 6.07) is 10.9. The van der Waals surface area contributed by atoms with Gasteiger partial charge in [-0.25, -0.2) is 0 Å². The molecule has 0 aromatic heterocycles. The van der Waals surface area contributed by atoms with Crippen LogP contribution < -0.4 is 5.73 Å². The third kappa shape index (κ3) is 3.62. The molecular weight excluding hydrogens is 198 g/mol. The van der Waals surface area contributed by atoms with Crippen molar-refractivity contribution in [2.45, 2.75) is 44.2 Å². The summed E-state index contributed by atoms with van der Waals surface area (Å²) in [5.74, 6) is 0. The van der Waals surface area contributed by atoms with Crippen LogP contribution in [0.3, 0.4) is 0 Å². The van der Waals surface area contributed by atoms with Gasteiger partial charge >= 0.3 is 0 Å². The van der Waals surface area contributed by atoms with Crippen LogP contribution in [0.2, 0.25) is 0 Å². The van der Waals surface area contributed by atoms with E-state index in [9.17, 15) is 0 Å². The van der Waals surface area contributed by atoms with Crippen LogP contribution in [0.4, 0.5) is 0 Å². The monoisotopic (exact) mass is 219 g/mol. The zero-order valence-corrected chi connectivity index (χ0v) is 9.77. The molecule has 1 aliphatic carbocycles. The maximum Gasteiger partial charge on any atom is 0.0576 e. The van der Waals surface area contributed by atoms with Gasteiger partial charge in [-0.2, -0.15) is 0 Å². The minimum Gasteiger partial charge on any atom is -0.378 e. The number of benzene rings is 1. The van der Waals surface area contributed by atoms with Gasteiger partial charge < -0.3 is 10.5 Å². The Hall–Kier alpha value is -0.860. The molecule has 0 bridgehead atoms. The summed E-state index contributed by atoms with van der Waals surface area (Å²) < 4.78 is 5.88. The lowest BCUT2D eigenvalue weighted by Crippen LogP contribution is -2.30. The Morgan fingerprint density at radius 1 is 1.06 bits per heavy atom. The Labute approximate surface area is 97.8 Å². The van der Waals surface area contributed by atoms with Crippen LogP contribution in [0, 0.1) is 0 Å². The second-order valence-corrected chi connectivity index (χ2v) is 4.64. The van der Waals surface area contributed by atoms with Crippen LogP contribution in [0.1, 0.15) is 31.2 Å². The fourth-order valence-corrected chi connectivity index (χ4v) is 2.24. The highest BCUT2D eigenvalue weighted by Crippen LogP contribution is 2.19. The molecule has 0 unspecified atom stereocenters. The van der Waals surface area contributed by atoms with Gasteiger partial charge in [0.05, 0.1) is 12.7 Å². The van der Waals surface area contributed by atoms with Gasteiger partial charge in [0.25, 0.3) is 0 Å². The predicted octanol–water partition coefficient (Wildman–Crippen LogP) is 2.52. The SMILES string of the molecule is NC1CCC(OCCc2ccccc2)CC1. The molecule has 1 aromatic carbocycles. The van der Waals surface area contributed by atoms with Crippen LogP contribution in [0.25, 0.3) is 0 Å². The Kier molecular flexibility index (Phi) is 4.37. The molecule has 0 atom stereocenters. The molecule has 88 valence electrons. The van der Waals surface area contributed by atoms with E-state index in [1.807, 2.05) is 6.07 Å². The quantitative estimate of drug-likeness (QED) is 0.844. The molecule has 1 aliphatic rings. The molecule has 0 spiro atoms. The average molecular weight is 219 g/mol. The average Bonchev–Trinajstić information content (AvgIpc) is 2.33. The van der Waals surface area contributed by atoms with E-state index in [1.54, 1.807) is 0 Å². The summed E-state index contributed by atoms with van der Waals surface area (Å²) in [6.07, 6.45) is 5.98. The van der Waals surface area contributed by atoms with Gasteiger partial charge in [0, 0.05) is 6.04 Å². The third-order valence-corrected chi connectivity index (χ3v) is 3.31. The summed E-state index contributed by atoms with van der Waals surface area (Å²) >= 11 is 0. The van der Waals surface area contributed by atoms with Gasteiger partial charge in [-0.3, -0.25) is 0 Å². The molecular formula is C14H21NO. The maximum atomic E-state index is 5.88. The first-order chi connectivity index (χ1) is 7.84. The van der Waals surface area contributed by atoms with Crippen LogP contribution in [-0.4, -0.2) is 18.8 Å². The standard InChI is InChI=1S/C14H21NO/c15-13-6-8-14(9-7-13)16-11-10-12-4-2-1-3-5-12/h1-5,13-14H,6-11,15H2. The Morgan fingerprint density at radius 3 is 2.44 bits per heavy atom. The highest BCUT2D eigenvalue weighted by Gasteiger charge is 2.18. The lowest BCUT2D eigenvalue weighted by Gasteiger charge is -2.26. The molecule has 16 heavy (non-hydrogen) atoms. The molecule has 0 saturated heterocycles. The summed E-state index contributed by atoms with van der Waals surface area (Å²) in [4.78, 5) is 0. The van der Waals surface area contributed by atoms with Gasteiger partial charge in [0.2, 0.25) is 0 Å². The Balaban J connectivity index is 1.65. The van der Waals surface area contributed by atoms with Crippen molar-refractivity contribution < 1.29 is 4.74 Å². The minimum atomic E-state index is 0.411. The normalized spacial score (nSPS) is 25.6. The van der Waals surface area contributed by atoms with Crippen LogP contribution in [0.5, 0.6) is 0 Å². The largest absolute Gasteiger partial charge is 0.378 e. The minimum absolute atomic E-state index is 0.411. The number of ether oxygens (including phenoxy) is 1. The lowest BCUT2D eigenvalue weighted by atomic mass is 9.94. The molecule has 1 aromatic rings. The molecule has 2 nitrogen and oxygen atoms in total. The smallest absolute Gasteiger partial charge is 0.0576 e. The number of hydrogen-bond donors (Lipinski definition) is 1. The molecule has 0 heterocycles. The van der Waals surface area contributed by atoms with Gasteiger partial charge in [-0.05, 0) is 37.7 Å². The van der Waals surface area contributed by atoms with E-state index in [0.29, 0.717) is 12.1 Å². The first-order valence-electron chi connectivity index (χ1n) is 6.25. The first-order valence-corrected chi connectivity index (χ1v) is 6.25. The van der Waals surface area contributed by atoms with Gasteiger partial charge in [-0.15, -0.1) is 0 Å². The molecule has 2 rings (SSSR count). The zero-order valence-electron chi connectivity index (χ0n) is 9.77. The summed E-state index contributed by atoms with van der Waals surface area (Å²) in [6.45, 7) is 0.837. The molecule has 0 amide bonds. The van der Waals surface area contributed by atoms with Gasteiger partial charge in [0.1, 0.15) is 0 Å². The highest BCUT2D eigenvalue weighted by molar-refractivity contribution is 5.14. The molecule has 2 heteroatoms. The number of hydrogen-bond acceptors (Lipinski definition) is 2. The van der Waals surface area contributed by atoms with E-state index < -0.39 is 0 Å². The molecule has 1 saturated carbocycles. The zero-order chi connectivity index (χ0) is 11.2. The molecule has 1 fully saturated rings. The van der Waals surface area contributed by atoms with E-state index in [2.05, 4.69) is 24.3 Å². The van der Waals surface area contributed by atoms with E-state index >= 15 is 0 Å². The van der Waals surface area contributed by atoms with Gasteiger partial charge in [0.15, 0.2) is 0 Å². The summed E-state index contributed by atoms with van der Waals surface area (Å²) in [5, 5.41) is 0. The van der Waals surface area contributed by atoms with Crippen molar-refractivity contribution in [1.82, 2.24) is 0 Å². The van der Waals surface area contributed by atoms with E-state index in [0.717, 1.165) is 38.7 Å². The second-order valence-electron chi connectivity index (χ2n) is 4.64. The van der Waals surface area contributed by atoms with E-state index in [-0.39, 0.29) is 0 Å². The lowest BCUT2D eigenvalue weighted by molar-refractivity contribution is 0.0270. The Bertz CT molecular complexity index is 291. The van der Waals surface area contributed by atoms with Crippen molar-refractivity contribution in [2.24, 2.45) is 5.73 Å². The summed E-state index contributed by atoms with van der Waals surface area (Å²) in [5.41, 5.74) is 7.22. The first kappa shape index (κ1) is 11.6.